The summed E-state index contributed by atoms with van der Waals surface area (Å²) in [6, 6.07) is -1.08. The summed E-state index contributed by atoms with van der Waals surface area (Å²) in [6.45, 7) is 9.21. The molecule has 0 saturated carbocycles. The molecule has 2 rings (SSSR count). The van der Waals surface area contributed by atoms with Gasteiger partial charge in [-0.3, -0.25) is 9.69 Å². The number of aryl methyl sites for hydroxylation is 1. The molecule has 12 heteroatoms. The number of thioether (sulfide) groups is 1. The van der Waals surface area contributed by atoms with Crippen molar-refractivity contribution in [2.45, 2.75) is 45.1 Å². The topological polar surface area (TPSA) is 138 Å². The van der Waals surface area contributed by atoms with Crippen LogP contribution in [0.1, 0.15) is 32.3 Å². The van der Waals surface area contributed by atoms with E-state index in [1.165, 1.54) is 13.8 Å². The zero-order chi connectivity index (χ0) is 23.0. The number of carbonyl (C=O) groups is 3. The maximum Gasteiger partial charge on any atom is 0.519 e. The molecule has 1 aliphatic heterocycles. The molecular weight excluding hydrogens is 432 g/mol. The highest BCUT2D eigenvalue weighted by Gasteiger charge is 2.40. The molecule has 1 aromatic rings. The first kappa shape index (κ1) is 25.0. The van der Waals surface area contributed by atoms with Crippen molar-refractivity contribution in [3.63, 3.8) is 0 Å². The van der Waals surface area contributed by atoms with Crippen LogP contribution in [0.15, 0.2) is 13.6 Å². The van der Waals surface area contributed by atoms with Crippen LogP contribution in [0.2, 0.25) is 0 Å². The highest BCUT2D eigenvalue weighted by atomic mass is 32.2. The van der Waals surface area contributed by atoms with Crippen molar-refractivity contribution in [2.75, 3.05) is 39.5 Å². The van der Waals surface area contributed by atoms with E-state index < -0.39 is 33.8 Å². The number of esters is 1. The smallest absolute Gasteiger partial charge is 0.463 e. The summed E-state index contributed by atoms with van der Waals surface area (Å²) in [4.78, 5) is 49.8. The van der Waals surface area contributed by atoms with Crippen molar-refractivity contribution in [2.24, 2.45) is 0 Å². The van der Waals surface area contributed by atoms with Crippen LogP contribution in [-0.4, -0.2) is 72.3 Å². The molecule has 1 amide bonds. The molecule has 0 radical (unpaired) electrons. The van der Waals surface area contributed by atoms with Gasteiger partial charge in [0.2, 0.25) is 5.91 Å². The zero-order valence-corrected chi connectivity index (χ0v) is 18.9. The first-order valence-electron chi connectivity index (χ1n) is 9.77. The lowest BCUT2D eigenvalue weighted by Gasteiger charge is -2.31. The number of hydrogen-bond acceptors (Lipinski definition) is 11. The number of carbonyl (C=O) groups excluding carboxylic acids is 3. The van der Waals surface area contributed by atoms with Crippen molar-refractivity contribution < 1.29 is 37.4 Å². The second kappa shape index (κ2) is 11.3. The summed E-state index contributed by atoms with van der Waals surface area (Å²) in [7, 11) is 0. The van der Waals surface area contributed by atoms with Crippen LogP contribution in [0, 0.1) is 6.92 Å². The van der Waals surface area contributed by atoms with E-state index in [1.807, 2.05) is 0 Å². The highest BCUT2D eigenvalue weighted by Crippen LogP contribution is 2.31. The van der Waals surface area contributed by atoms with Gasteiger partial charge in [0, 0.05) is 26.6 Å². The van der Waals surface area contributed by atoms with Crippen LogP contribution in [0.3, 0.4) is 0 Å². The Morgan fingerprint density at radius 3 is 2.45 bits per heavy atom. The molecule has 1 aromatic heterocycles. The van der Waals surface area contributed by atoms with Crippen LogP contribution >= 0.6 is 11.8 Å². The third-order valence-corrected chi connectivity index (χ3v) is 5.58. The highest BCUT2D eigenvalue weighted by molar-refractivity contribution is 8.14. The summed E-state index contributed by atoms with van der Waals surface area (Å²) < 4.78 is 24.1. The zero-order valence-electron chi connectivity index (χ0n) is 18.1. The Labute approximate surface area is 183 Å². The summed E-state index contributed by atoms with van der Waals surface area (Å²) in [5.41, 5.74) is 0. The molecular formula is C19H28N2O9S. The van der Waals surface area contributed by atoms with E-state index >= 15 is 0 Å². The van der Waals surface area contributed by atoms with E-state index in [2.05, 4.69) is 10.2 Å². The number of nitrogens with one attached hydrogen (secondary N) is 1. The Morgan fingerprint density at radius 1 is 1.19 bits per heavy atom. The minimum absolute atomic E-state index is 0.0951. The third-order valence-electron chi connectivity index (χ3n) is 4.54. The molecule has 0 aliphatic carbocycles. The molecule has 31 heavy (non-hydrogen) atoms. The average Bonchev–Trinajstić information content (AvgIpc) is 3.01. The number of hydrogen-bond donors (Lipinski definition) is 1. The number of morpholine rings is 1. The number of rotatable bonds is 9. The number of ether oxygens (including phenoxy) is 3. The number of nitrogens with zero attached hydrogens (tertiary/aromatic N) is 1. The predicted octanol–water partition coefficient (Wildman–Crippen LogP) is 1.07. The summed E-state index contributed by atoms with van der Waals surface area (Å²) in [5.74, 6) is -1.67. The summed E-state index contributed by atoms with van der Waals surface area (Å²) >= 11 is 0.720. The minimum Gasteiger partial charge on any atom is -0.463 e. The molecule has 1 atom stereocenters. The lowest BCUT2D eigenvalue weighted by atomic mass is 10.0. The molecule has 2 heterocycles. The largest absolute Gasteiger partial charge is 0.519 e. The average molecular weight is 461 g/mol. The lowest BCUT2D eigenvalue weighted by molar-refractivity contribution is -0.149. The fourth-order valence-corrected chi connectivity index (χ4v) is 3.66. The molecule has 0 bridgehead atoms. The van der Waals surface area contributed by atoms with Gasteiger partial charge in [-0.05, 0) is 32.5 Å². The molecule has 1 aliphatic rings. The molecule has 1 saturated heterocycles. The van der Waals surface area contributed by atoms with Gasteiger partial charge < -0.3 is 28.4 Å². The Balaban J connectivity index is 1.91. The maximum atomic E-state index is 12.7. The van der Waals surface area contributed by atoms with E-state index in [4.69, 9.17) is 23.0 Å². The number of amides is 1. The molecule has 0 spiro atoms. The van der Waals surface area contributed by atoms with Crippen molar-refractivity contribution in [1.29, 1.82) is 0 Å². The Hall–Kier alpha value is -2.31. The predicted molar refractivity (Wildman–Crippen MR) is 110 cm³/mol. The molecule has 0 unspecified atom stereocenters. The van der Waals surface area contributed by atoms with Gasteiger partial charge in [0.25, 0.3) is 0 Å². The third kappa shape index (κ3) is 8.04. The van der Waals surface area contributed by atoms with Gasteiger partial charge in [-0.15, -0.1) is 0 Å². The first-order valence-corrected chi connectivity index (χ1v) is 10.6. The van der Waals surface area contributed by atoms with E-state index in [1.54, 1.807) is 13.8 Å². The Morgan fingerprint density at radius 2 is 1.87 bits per heavy atom. The van der Waals surface area contributed by atoms with Crippen LogP contribution in [-0.2, 0) is 30.4 Å². The quantitative estimate of drug-likeness (QED) is 0.530. The molecule has 1 fully saturated rings. The fraction of sp³-hybridized carbons (Fsp3) is 0.684. The molecule has 1 N–H and O–H groups in total. The van der Waals surface area contributed by atoms with Gasteiger partial charge in [-0.2, -0.15) is 0 Å². The second-order valence-electron chi connectivity index (χ2n) is 7.43. The van der Waals surface area contributed by atoms with Gasteiger partial charge in [-0.1, -0.05) is 0 Å². The van der Waals surface area contributed by atoms with Crippen LogP contribution in [0.4, 0.5) is 4.79 Å². The second-order valence-corrected chi connectivity index (χ2v) is 9.02. The molecule has 11 nitrogen and oxygen atoms in total. The van der Waals surface area contributed by atoms with Gasteiger partial charge >= 0.3 is 17.1 Å². The van der Waals surface area contributed by atoms with Crippen molar-refractivity contribution >= 4 is 28.9 Å². The lowest BCUT2D eigenvalue weighted by Crippen LogP contribution is -2.53. The SMILES string of the molecule is CC(=O)N[C@@H](C(=O)OCCN1CCOCC1)C(C)(C)SC(=O)OCc1oc(=O)oc1C. The first-order chi connectivity index (χ1) is 14.6. The van der Waals surface area contributed by atoms with E-state index in [0.717, 1.165) is 24.9 Å². The molecule has 174 valence electrons. The van der Waals surface area contributed by atoms with Crippen LogP contribution in [0.5, 0.6) is 0 Å². The summed E-state index contributed by atoms with van der Waals surface area (Å²) in [6.07, 6.45) is 0. The van der Waals surface area contributed by atoms with Crippen molar-refractivity contribution in [3.05, 3.63) is 22.1 Å². The standard InChI is InChI=1S/C19H28N2O9S/c1-12-14(30-17(24)29-12)11-28-18(25)31-19(3,4)15(20-13(2)22)16(23)27-10-7-21-5-8-26-9-6-21/h15H,5-11H2,1-4H3,(H,20,22)/t15-/m0/s1. The minimum atomic E-state index is -1.08. The van der Waals surface area contributed by atoms with E-state index in [9.17, 15) is 19.2 Å². The van der Waals surface area contributed by atoms with Crippen LogP contribution in [0.25, 0.3) is 0 Å². The van der Waals surface area contributed by atoms with Crippen LogP contribution < -0.4 is 11.1 Å². The Kier molecular flexibility index (Phi) is 9.14. The normalized spacial score (nSPS) is 15.9. The van der Waals surface area contributed by atoms with Gasteiger partial charge in [0.1, 0.15) is 12.6 Å². The van der Waals surface area contributed by atoms with E-state index in [-0.39, 0.29) is 24.7 Å². The van der Waals surface area contributed by atoms with Crippen molar-refractivity contribution in [1.82, 2.24) is 10.2 Å². The van der Waals surface area contributed by atoms with Gasteiger partial charge in [0.05, 0.1) is 18.0 Å². The fourth-order valence-electron chi connectivity index (χ4n) is 2.84. The maximum absolute atomic E-state index is 12.7. The van der Waals surface area contributed by atoms with Gasteiger partial charge in [0.15, 0.2) is 18.1 Å². The van der Waals surface area contributed by atoms with E-state index in [0.29, 0.717) is 19.8 Å². The van der Waals surface area contributed by atoms with Gasteiger partial charge in [-0.25, -0.2) is 14.4 Å². The Bertz CT molecular complexity index is 827. The monoisotopic (exact) mass is 460 g/mol. The molecule has 0 aromatic carbocycles. The summed E-state index contributed by atoms with van der Waals surface area (Å²) in [5, 5.41) is 1.83. The van der Waals surface area contributed by atoms with Crippen molar-refractivity contribution in [3.8, 4) is 0 Å².